The Morgan fingerprint density at radius 1 is 1.36 bits per heavy atom. The van der Waals surface area contributed by atoms with Gasteiger partial charge in [-0.15, -0.1) is 0 Å². The Morgan fingerprint density at radius 3 is 2.95 bits per heavy atom. The van der Waals surface area contributed by atoms with Crippen LogP contribution in [-0.4, -0.2) is 44.5 Å². The summed E-state index contributed by atoms with van der Waals surface area (Å²) in [6.45, 7) is 0.734. The fourth-order valence-corrected chi connectivity index (χ4v) is 3.78. The van der Waals surface area contributed by atoms with Crippen molar-refractivity contribution in [1.82, 2.24) is 14.3 Å². The highest BCUT2D eigenvalue weighted by atomic mass is 32.1. The summed E-state index contributed by atoms with van der Waals surface area (Å²) in [6.07, 6.45) is 1.38. The summed E-state index contributed by atoms with van der Waals surface area (Å²) < 4.78 is 2.44. The van der Waals surface area contributed by atoms with E-state index in [2.05, 4.69) is 4.98 Å². The Bertz CT molecular complexity index is 946. The molecule has 4 rings (SSSR count). The fourth-order valence-electron chi connectivity index (χ4n) is 2.79. The number of fused-ring (bicyclic) bond motifs is 3. The van der Waals surface area contributed by atoms with Gasteiger partial charge in [-0.25, -0.2) is 4.98 Å². The molecule has 1 aliphatic heterocycles. The van der Waals surface area contributed by atoms with Gasteiger partial charge >= 0.3 is 0 Å². The molecule has 1 atom stereocenters. The number of thiazole rings is 1. The average molecular weight is 315 g/mol. The minimum absolute atomic E-state index is 0.0511. The number of β-amino-alcohol motifs (C(OH)–C–C–N with tert-alkyl or cyclic N) is 1. The maximum atomic E-state index is 12.7. The molecule has 3 heterocycles. The van der Waals surface area contributed by atoms with Crippen LogP contribution < -0.4 is 5.56 Å². The van der Waals surface area contributed by atoms with Crippen molar-refractivity contribution in [3.05, 3.63) is 46.4 Å². The predicted molar refractivity (Wildman–Crippen MR) is 83.4 cm³/mol. The quantitative estimate of drug-likeness (QED) is 0.730. The van der Waals surface area contributed by atoms with Gasteiger partial charge in [0.2, 0.25) is 0 Å². The lowest BCUT2D eigenvalue weighted by Crippen LogP contribution is -2.34. The van der Waals surface area contributed by atoms with Crippen molar-refractivity contribution in [2.24, 2.45) is 0 Å². The molecular weight excluding hydrogens is 302 g/mol. The van der Waals surface area contributed by atoms with E-state index in [-0.39, 0.29) is 23.6 Å². The molecule has 22 heavy (non-hydrogen) atoms. The smallest absolute Gasteiger partial charge is 0.271 e. The second kappa shape index (κ2) is 4.89. The molecule has 2 aromatic heterocycles. The maximum Gasteiger partial charge on any atom is 0.271 e. The van der Waals surface area contributed by atoms with E-state index >= 15 is 0 Å². The van der Waals surface area contributed by atoms with E-state index in [1.54, 1.807) is 0 Å². The van der Waals surface area contributed by atoms with Crippen LogP contribution in [0.3, 0.4) is 0 Å². The summed E-state index contributed by atoms with van der Waals surface area (Å²) in [6, 6.07) is 7.52. The van der Waals surface area contributed by atoms with E-state index in [1.165, 1.54) is 26.8 Å². The lowest BCUT2D eigenvalue weighted by atomic mass is 10.3. The molecular formula is C15H13N3O3S. The van der Waals surface area contributed by atoms with E-state index in [9.17, 15) is 14.7 Å². The number of carbonyl (C=O) groups excluding carboxylic acids is 1. The molecule has 0 radical (unpaired) electrons. The lowest BCUT2D eigenvalue weighted by molar-refractivity contribution is 0.0762. The minimum Gasteiger partial charge on any atom is -0.391 e. The highest BCUT2D eigenvalue weighted by molar-refractivity contribution is 7.23. The largest absolute Gasteiger partial charge is 0.391 e. The molecule has 3 aromatic rings. The average Bonchev–Trinajstić information content (AvgIpc) is 3.10. The van der Waals surface area contributed by atoms with Gasteiger partial charge in [-0.3, -0.25) is 14.0 Å². The van der Waals surface area contributed by atoms with Crippen LogP contribution in [0.5, 0.6) is 0 Å². The summed E-state index contributed by atoms with van der Waals surface area (Å²) >= 11 is 1.42. The zero-order chi connectivity index (χ0) is 15.3. The lowest BCUT2D eigenvalue weighted by Gasteiger charge is -2.14. The first-order valence-corrected chi connectivity index (χ1v) is 7.83. The summed E-state index contributed by atoms with van der Waals surface area (Å²) in [5, 5.41) is 9.55. The zero-order valence-corrected chi connectivity index (χ0v) is 12.4. The molecule has 0 bridgehead atoms. The Balaban J connectivity index is 1.89. The van der Waals surface area contributed by atoms with Crippen molar-refractivity contribution in [3.63, 3.8) is 0 Å². The van der Waals surface area contributed by atoms with Crippen LogP contribution in [0.15, 0.2) is 35.3 Å². The number of likely N-dealkylation sites (tertiary alicyclic amines) is 1. The van der Waals surface area contributed by atoms with Gasteiger partial charge in [-0.1, -0.05) is 23.5 Å². The van der Waals surface area contributed by atoms with E-state index in [0.29, 0.717) is 17.9 Å². The number of hydrogen-bond donors (Lipinski definition) is 1. The number of benzene rings is 1. The number of nitrogens with zero attached hydrogens (tertiary/aromatic N) is 3. The molecule has 1 unspecified atom stereocenters. The summed E-state index contributed by atoms with van der Waals surface area (Å²) in [7, 11) is 0. The van der Waals surface area contributed by atoms with Crippen LogP contribution in [0.2, 0.25) is 0 Å². The highest BCUT2D eigenvalue weighted by Gasteiger charge is 2.28. The number of aromatic nitrogens is 2. The van der Waals surface area contributed by atoms with Gasteiger partial charge in [0, 0.05) is 19.3 Å². The van der Waals surface area contributed by atoms with E-state index in [4.69, 9.17) is 0 Å². The second-order valence-corrected chi connectivity index (χ2v) is 6.37. The Morgan fingerprint density at radius 2 is 2.18 bits per heavy atom. The van der Waals surface area contributed by atoms with Gasteiger partial charge in [-0.05, 0) is 18.6 Å². The van der Waals surface area contributed by atoms with Crippen molar-refractivity contribution in [1.29, 1.82) is 0 Å². The molecule has 1 amide bonds. The predicted octanol–water partition coefficient (Wildman–Crippen LogP) is 1.12. The Hall–Kier alpha value is -2.25. The van der Waals surface area contributed by atoms with E-state index in [0.717, 1.165) is 10.2 Å². The zero-order valence-electron chi connectivity index (χ0n) is 11.6. The van der Waals surface area contributed by atoms with Gasteiger partial charge in [-0.2, -0.15) is 0 Å². The van der Waals surface area contributed by atoms with E-state index < -0.39 is 6.10 Å². The number of aliphatic hydroxyl groups excluding tert-OH is 1. The van der Waals surface area contributed by atoms with Crippen molar-refractivity contribution in [3.8, 4) is 0 Å². The Labute approximate surface area is 129 Å². The number of amides is 1. The third kappa shape index (κ3) is 1.93. The SMILES string of the molecule is O=C(c1cnc2sc3ccccc3n2c1=O)N1CCC(O)C1. The number of rotatable bonds is 1. The van der Waals surface area contributed by atoms with Crippen LogP contribution in [-0.2, 0) is 0 Å². The normalized spacial score (nSPS) is 18.4. The van der Waals surface area contributed by atoms with Crippen LogP contribution in [0, 0.1) is 0 Å². The van der Waals surface area contributed by atoms with Crippen LogP contribution >= 0.6 is 11.3 Å². The molecule has 0 spiro atoms. The molecule has 1 fully saturated rings. The molecule has 0 aliphatic carbocycles. The van der Waals surface area contributed by atoms with Crippen molar-refractivity contribution in [2.75, 3.05) is 13.1 Å². The van der Waals surface area contributed by atoms with Gasteiger partial charge in [0.05, 0.1) is 16.3 Å². The first-order valence-electron chi connectivity index (χ1n) is 7.02. The van der Waals surface area contributed by atoms with Crippen LogP contribution in [0.25, 0.3) is 15.2 Å². The molecule has 112 valence electrons. The third-order valence-corrected chi connectivity index (χ3v) is 4.95. The Kier molecular flexibility index (Phi) is 2.98. The summed E-state index contributed by atoms with van der Waals surface area (Å²) in [4.78, 5) is 31.5. The maximum absolute atomic E-state index is 12.7. The fraction of sp³-hybridized carbons (Fsp3) is 0.267. The molecule has 1 aromatic carbocycles. The molecule has 1 aliphatic rings. The molecule has 6 nitrogen and oxygen atoms in total. The van der Waals surface area contributed by atoms with Crippen molar-refractivity contribution < 1.29 is 9.90 Å². The molecule has 1 saturated heterocycles. The summed E-state index contributed by atoms with van der Waals surface area (Å²) in [5.74, 6) is -0.362. The second-order valence-electron chi connectivity index (χ2n) is 5.36. The first-order chi connectivity index (χ1) is 10.6. The molecule has 1 N–H and O–H groups in total. The highest BCUT2D eigenvalue weighted by Crippen LogP contribution is 2.23. The van der Waals surface area contributed by atoms with Crippen molar-refractivity contribution in [2.45, 2.75) is 12.5 Å². The molecule has 7 heteroatoms. The third-order valence-electron chi connectivity index (χ3n) is 3.92. The van der Waals surface area contributed by atoms with E-state index in [1.807, 2.05) is 24.3 Å². The monoisotopic (exact) mass is 315 g/mol. The number of hydrogen-bond acceptors (Lipinski definition) is 5. The first kappa shape index (κ1) is 13.4. The molecule has 0 saturated carbocycles. The summed E-state index contributed by atoms with van der Waals surface area (Å²) in [5.41, 5.74) is 0.458. The standard InChI is InChI=1S/C15H13N3O3S/c19-9-5-6-17(8-9)13(20)10-7-16-15-18(14(10)21)11-3-1-2-4-12(11)22-15/h1-4,7,9,19H,5-6,8H2. The number of aliphatic hydroxyl groups is 1. The van der Waals surface area contributed by atoms with Gasteiger partial charge in [0.1, 0.15) is 5.56 Å². The van der Waals surface area contributed by atoms with Crippen LogP contribution in [0.4, 0.5) is 0 Å². The van der Waals surface area contributed by atoms with Gasteiger partial charge < -0.3 is 10.0 Å². The minimum atomic E-state index is -0.509. The number of para-hydroxylation sites is 1. The van der Waals surface area contributed by atoms with Gasteiger partial charge in [0.15, 0.2) is 4.96 Å². The van der Waals surface area contributed by atoms with Gasteiger partial charge in [0.25, 0.3) is 11.5 Å². The van der Waals surface area contributed by atoms with Crippen molar-refractivity contribution >= 4 is 32.4 Å². The number of carbonyl (C=O) groups is 1. The van der Waals surface area contributed by atoms with Crippen LogP contribution in [0.1, 0.15) is 16.8 Å². The topological polar surface area (TPSA) is 74.9 Å².